The predicted octanol–water partition coefficient (Wildman–Crippen LogP) is 4.14. The fourth-order valence-corrected chi connectivity index (χ4v) is 3.11. The number of hydrogen-bond acceptors (Lipinski definition) is 5. The Morgan fingerprint density at radius 3 is 2.41 bits per heavy atom. The summed E-state index contributed by atoms with van der Waals surface area (Å²) in [4.78, 5) is 6.30. The van der Waals surface area contributed by atoms with Crippen LogP contribution in [0.4, 0.5) is 32.2 Å². The molecule has 1 aromatic carbocycles. The van der Waals surface area contributed by atoms with Crippen molar-refractivity contribution >= 4 is 28.5 Å². The van der Waals surface area contributed by atoms with E-state index in [-0.39, 0.29) is 34.0 Å². The third-order valence-corrected chi connectivity index (χ3v) is 4.18. The van der Waals surface area contributed by atoms with Crippen molar-refractivity contribution in [3.8, 4) is 11.6 Å². The number of nitrogens with zero attached hydrogens (tertiary/aromatic N) is 4. The monoisotopic (exact) mass is 409 g/mol. The van der Waals surface area contributed by atoms with Crippen molar-refractivity contribution in [3.63, 3.8) is 0 Å². The van der Waals surface area contributed by atoms with E-state index in [1.807, 2.05) is 0 Å². The lowest BCUT2D eigenvalue weighted by atomic mass is 10.1. The van der Waals surface area contributed by atoms with E-state index in [0.29, 0.717) is 6.07 Å². The number of rotatable bonds is 0. The molecule has 13 heteroatoms. The molecule has 0 unspecified atom stereocenters. The van der Waals surface area contributed by atoms with Crippen molar-refractivity contribution in [1.29, 1.82) is 0 Å². The van der Waals surface area contributed by atoms with E-state index in [2.05, 4.69) is 20.4 Å². The predicted molar refractivity (Wildman–Crippen MR) is 80.7 cm³/mol. The Hall–Kier alpha value is -2.76. The molecule has 2 aromatic heterocycles. The van der Waals surface area contributed by atoms with E-state index in [1.165, 1.54) is 0 Å². The van der Waals surface area contributed by atoms with Gasteiger partial charge in [0.2, 0.25) is 11.7 Å². The minimum atomic E-state index is -4.92. The second kappa shape index (κ2) is 5.38. The zero-order valence-corrected chi connectivity index (χ0v) is 13.5. The molecule has 142 valence electrons. The highest BCUT2D eigenvalue weighted by atomic mass is 35.5. The van der Waals surface area contributed by atoms with E-state index >= 15 is 0 Å². The molecule has 2 N–H and O–H groups in total. The fourth-order valence-electron chi connectivity index (χ4n) is 2.79. The summed E-state index contributed by atoms with van der Waals surface area (Å²) in [5.41, 5.74) is -1.29. The Morgan fingerprint density at radius 1 is 1.07 bits per heavy atom. The van der Waals surface area contributed by atoms with Gasteiger partial charge in [0.1, 0.15) is 11.2 Å². The van der Waals surface area contributed by atoms with Crippen molar-refractivity contribution in [3.05, 3.63) is 34.1 Å². The smallest absolute Gasteiger partial charge is 0.451 e. The number of hydrogen-bond donors (Lipinski definition) is 2. The van der Waals surface area contributed by atoms with Crippen LogP contribution >= 0.6 is 11.6 Å². The van der Waals surface area contributed by atoms with Crippen LogP contribution in [-0.4, -0.2) is 24.9 Å². The van der Waals surface area contributed by atoms with Gasteiger partial charge in [0.25, 0.3) is 0 Å². The van der Waals surface area contributed by atoms with Gasteiger partial charge in [0.15, 0.2) is 5.65 Å². The average molecular weight is 410 g/mol. The summed E-state index contributed by atoms with van der Waals surface area (Å²) < 4.78 is 78.3. The van der Waals surface area contributed by atoms with Crippen molar-refractivity contribution in [2.75, 3.05) is 5.32 Å². The van der Waals surface area contributed by atoms with E-state index in [0.717, 1.165) is 10.7 Å². The molecule has 0 fully saturated rings. The largest absolute Gasteiger partial charge is 0.493 e. The highest BCUT2D eigenvalue weighted by Crippen LogP contribution is 2.42. The summed E-state index contributed by atoms with van der Waals surface area (Å²) in [6, 6.07) is 1.55. The average Bonchev–Trinajstić information content (AvgIpc) is 2.91. The van der Waals surface area contributed by atoms with Gasteiger partial charge in [-0.15, -0.1) is 5.10 Å². The molecule has 4 rings (SSSR count). The van der Waals surface area contributed by atoms with Gasteiger partial charge in [-0.25, -0.2) is 9.67 Å². The first-order valence-corrected chi connectivity index (χ1v) is 7.55. The lowest BCUT2D eigenvalue weighted by molar-refractivity contribution is -0.145. The SMILES string of the molecule is Oc1nc(C(F)(F)F)nc2nn3c(c12)NCc1cc(C(F)(F)F)cc(Cl)c1-3. The molecule has 27 heavy (non-hydrogen) atoms. The van der Waals surface area contributed by atoms with Crippen molar-refractivity contribution in [2.24, 2.45) is 0 Å². The number of benzene rings is 1. The third-order valence-electron chi connectivity index (χ3n) is 3.90. The maximum atomic E-state index is 13.0. The van der Waals surface area contributed by atoms with Crippen LogP contribution < -0.4 is 5.32 Å². The minimum Gasteiger partial charge on any atom is -0.493 e. The van der Waals surface area contributed by atoms with E-state index in [1.54, 1.807) is 0 Å². The topological polar surface area (TPSA) is 75.9 Å². The summed E-state index contributed by atoms with van der Waals surface area (Å²) in [6.45, 7) is -0.125. The first-order chi connectivity index (χ1) is 12.5. The minimum absolute atomic E-state index is 0.0189. The van der Waals surface area contributed by atoms with Crippen LogP contribution in [0.1, 0.15) is 17.0 Å². The summed E-state index contributed by atoms with van der Waals surface area (Å²) in [5.74, 6) is -2.54. The van der Waals surface area contributed by atoms with Crippen molar-refractivity contribution < 1.29 is 31.4 Å². The first-order valence-electron chi connectivity index (χ1n) is 7.17. The van der Waals surface area contributed by atoms with E-state index in [9.17, 15) is 31.4 Å². The standard InChI is InChI=1S/C14H6ClF6N5O/c15-6-2-5(13(16,17)18)1-4-3-22-10-7-9(25-26(10)8(4)6)23-12(14(19,20)21)24-11(7)27/h1-2,22H,3H2,(H,23,24,25,27). The number of fused-ring (bicyclic) bond motifs is 5. The maximum absolute atomic E-state index is 13.0. The maximum Gasteiger partial charge on any atom is 0.451 e. The van der Waals surface area contributed by atoms with Crippen molar-refractivity contribution in [2.45, 2.75) is 18.9 Å². The number of aromatic hydroxyl groups is 1. The Kier molecular flexibility index (Phi) is 3.51. The second-order valence-corrected chi connectivity index (χ2v) is 6.05. The molecular formula is C14H6ClF6N5O. The van der Waals surface area contributed by atoms with Crippen LogP contribution in [0.5, 0.6) is 5.88 Å². The number of anilines is 1. The third kappa shape index (κ3) is 2.71. The van der Waals surface area contributed by atoms with Gasteiger partial charge in [-0.2, -0.15) is 31.3 Å². The van der Waals surface area contributed by atoms with Crippen LogP contribution in [0.3, 0.4) is 0 Å². The molecule has 3 aromatic rings. The summed E-state index contributed by atoms with van der Waals surface area (Å²) in [7, 11) is 0. The summed E-state index contributed by atoms with van der Waals surface area (Å²) in [5, 5.41) is 16.0. The lowest BCUT2D eigenvalue weighted by Crippen LogP contribution is -2.18. The molecule has 0 bridgehead atoms. The Balaban J connectivity index is 1.97. The number of aromatic nitrogens is 4. The molecule has 0 spiro atoms. The number of alkyl halides is 6. The molecule has 0 aliphatic carbocycles. The van der Waals surface area contributed by atoms with E-state index < -0.39 is 35.3 Å². The van der Waals surface area contributed by atoms with Gasteiger partial charge in [-0.05, 0) is 17.7 Å². The molecule has 0 saturated carbocycles. The molecule has 0 amide bonds. The zero-order valence-electron chi connectivity index (χ0n) is 12.7. The normalized spacial score (nSPS) is 14.0. The van der Waals surface area contributed by atoms with Crippen LogP contribution in [0.15, 0.2) is 12.1 Å². The molecule has 0 atom stereocenters. The highest BCUT2D eigenvalue weighted by Gasteiger charge is 2.38. The Bertz CT molecular complexity index is 1090. The molecule has 1 aliphatic heterocycles. The molecule has 0 saturated heterocycles. The van der Waals surface area contributed by atoms with Crippen molar-refractivity contribution in [1.82, 2.24) is 19.7 Å². The Labute approximate surface area is 150 Å². The van der Waals surface area contributed by atoms with Crippen LogP contribution in [0.25, 0.3) is 16.7 Å². The second-order valence-electron chi connectivity index (χ2n) is 5.64. The molecule has 6 nitrogen and oxygen atoms in total. The summed E-state index contributed by atoms with van der Waals surface area (Å²) >= 11 is 5.99. The fraction of sp³-hybridized carbons (Fsp3) is 0.214. The summed E-state index contributed by atoms with van der Waals surface area (Å²) in [6.07, 6.45) is -9.54. The molecule has 3 heterocycles. The highest BCUT2D eigenvalue weighted by molar-refractivity contribution is 6.32. The van der Waals surface area contributed by atoms with Gasteiger partial charge in [-0.1, -0.05) is 11.6 Å². The van der Waals surface area contributed by atoms with E-state index in [4.69, 9.17) is 11.6 Å². The van der Waals surface area contributed by atoms with Crippen LogP contribution in [0, 0.1) is 0 Å². The zero-order chi connectivity index (χ0) is 19.7. The van der Waals surface area contributed by atoms with Crippen LogP contribution in [-0.2, 0) is 18.9 Å². The van der Waals surface area contributed by atoms with Gasteiger partial charge < -0.3 is 10.4 Å². The first kappa shape index (κ1) is 17.6. The van der Waals surface area contributed by atoms with Gasteiger partial charge >= 0.3 is 12.4 Å². The molecular weight excluding hydrogens is 404 g/mol. The van der Waals surface area contributed by atoms with Crippen LogP contribution in [0.2, 0.25) is 5.02 Å². The van der Waals surface area contributed by atoms with Gasteiger partial charge in [0, 0.05) is 6.54 Å². The van der Waals surface area contributed by atoms with Gasteiger partial charge in [0.05, 0.1) is 16.3 Å². The number of halogens is 7. The quantitative estimate of drug-likeness (QED) is 0.546. The molecule has 1 aliphatic rings. The van der Waals surface area contributed by atoms with Gasteiger partial charge in [-0.3, -0.25) is 0 Å². The lowest BCUT2D eigenvalue weighted by Gasteiger charge is -2.22. The Morgan fingerprint density at radius 2 is 1.78 bits per heavy atom. The molecule has 0 radical (unpaired) electrons. The number of nitrogens with one attached hydrogen (secondary N) is 1.